The van der Waals surface area contributed by atoms with Gasteiger partial charge in [-0.15, -0.1) is 0 Å². The highest BCUT2D eigenvalue weighted by atomic mass is 16.4. The molecule has 0 radical (unpaired) electrons. The van der Waals surface area contributed by atoms with Gasteiger partial charge in [-0.05, 0) is 18.2 Å². The van der Waals surface area contributed by atoms with E-state index in [0.717, 1.165) is 16.6 Å². The van der Waals surface area contributed by atoms with Crippen molar-refractivity contribution in [1.29, 1.82) is 0 Å². The molecule has 1 aromatic heterocycles. The van der Waals surface area contributed by atoms with Crippen LogP contribution in [0.15, 0.2) is 30.6 Å². The Kier molecular flexibility index (Phi) is 1.42. The van der Waals surface area contributed by atoms with Gasteiger partial charge in [0.2, 0.25) is 0 Å². The van der Waals surface area contributed by atoms with Crippen LogP contribution in [0.5, 0.6) is 0 Å². The van der Waals surface area contributed by atoms with Gasteiger partial charge in [0, 0.05) is 24.0 Å². The minimum atomic E-state index is -0.905. The van der Waals surface area contributed by atoms with Gasteiger partial charge in [-0.25, -0.2) is 4.79 Å². The van der Waals surface area contributed by atoms with E-state index in [-0.39, 0.29) is 0 Å². The van der Waals surface area contributed by atoms with Crippen LogP contribution in [0.2, 0.25) is 0 Å². The van der Waals surface area contributed by atoms with E-state index in [9.17, 15) is 4.79 Å². The number of nitrogens with one attached hydrogen (secondary N) is 1. The fraction of sp³-hybridized carbons (Fsp3) is 0. The molecule has 1 aromatic carbocycles. The predicted octanol–water partition coefficient (Wildman–Crippen LogP) is 2.19. The van der Waals surface area contributed by atoms with E-state index >= 15 is 0 Å². The first-order valence-corrected chi connectivity index (χ1v) is 4.57. The van der Waals surface area contributed by atoms with Gasteiger partial charge in [0.25, 0.3) is 0 Å². The average molecular weight is 200 g/mol. The van der Waals surface area contributed by atoms with E-state index in [1.165, 1.54) is 0 Å². The van der Waals surface area contributed by atoms with Crippen molar-refractivity contribution in [3.05, 3.63) is 36.2 Å². The maximum atomic E-state index is 10.9. The van der Waals surface area contributed by atoms with Crippen LogP contribution in [0, 0.1) is 0 Å². The van der Waals surface area contributed by atoms with Crippen molar-refractivity contribution in [1.82, 2.24) is 4.57 Å². The monoisotopic (exact) mass is 200 g/mol. The molecular formula is C11H8N2O2. The number of benzene rings is 1. The molecule has 4 nitrogen and oxygen atoms in total. The molecule has 1 aliphatic rings. The number of carboxylic acids is 1. The van der Waals surface area contributed by atoms with Crippen LogP contribution < -0.4 is 5.32 Å². The zero-order valence-corrected chi connectivity index (χ0v) is 7.77. The highest BCUT2D eigenvalue weighted by Crippen LogP contribution is 2.29. The lowest BCUT2D eigenvalue weighted by Crippen LogP contribution is -2.02. The van der Waals surface area contributed by atoms with Crippen LogP contribution >= 0.6 is 0 Å². The highest BCUT2D eigenvalue weighted by Gasteiger charge is 2.12. The summed E-state index contributed by atoms with van der Waals surface area (Å²) in [6, 6.07) is 5.23. The summed E-state index contributed by atoms with van der Waals surface area (Å²) in [4.78, 5) is 10.9. The molecule has 0 bridgehead atoms. The van der Waals surface area contributed by atoms with Crippen molar-refractivity contribution in [2.45, 2.75) is 0 Å². The molecule has 0 aliphatic carbocycles. The van der Waals surface area contributed by atoms with Gasteiger partial charge in [-0.2, -0.15) is 0 Å². The zero-order chi connectivity index (χ0) is 10.4. The standard InChI is InChI=1S/C11H8N2O2/c14-11(15)8-5-7-1-3-13-4-2-12-9(6-8)10(7)13/h1-6,12H,(H,14,15). The number of nitrogens with zero attached hydrogens (tertiary/aromatic N) is 1. The van der Waals surface area contributed by atoms with E-state index < -0.39 is 5.97 Å². The lowest BCUT2D eigenvalue weighted by atomic mass is 10.1. The molecule has 74 valence electrons. The number of aromatic carboxylic acids is 1. The Bertz CT molecular complexity index is 596. The van der Waals surface area contributed by atoms with Crippen LogP contribution in [0.4, 0.5) is 5.69 Å². The number of hydrogen-bond donors (Lipinski definition) is 2. The summed E-state index contributed by atoms with van der Waals surface area (Å²) in [5, 5.41) is 12.9. The summed E-state index contributed by atoms with van der Waals surface area (Å²) in [5.41, 5.74) is 2.15. The predicted molar refractivity (Wildman–Crippen MR) is 57.9 cm³/mol. The Morgan fingerprint density at radius 2 is 2.27 bits per heavy atom. The van der Waals surface area contributed by atoms with Crippen molar-refractivity contribution in [3.8, 4) is 0 Å². The molecule has 2 aromatic rings. The molecule has 2 heterocycles. The fourth-order valence-electron chi connectivity index (χ4n) is 1.87. The summed E-state index contributed by atoms with van der Waals surface area (Å²) in [6.07, 6.45) is 5.60. The first-order valence-electron chi connectivity index (χ1n) is 4.57. The van der Waals surface area contributed by atoms with Crippen LogP contribution in [0.25, 0.3) is 17.1 Å². The lowest BCUT2D eigenvalue weighted by Gasteiger charge is -2.12. The molecule has 0 spiro atoms. The average Bonchev–Trinajstić information content (AvgIpc) is 2.64. The molecule has 0 atom stereocenters. The first kappa shape index (κ1) is 8.11. The van der Waals surface area contributed by atoms with Gasteiger partial charge in [0.15, 0.2) is 0 Å². The summed E-state index contributed by atoms with van der Waals surface area (Å²) >= 11 is 0. The van der Waals surface area contributed by atoms with E-state index in [2.05, 4.69) is 5.32 Å². The molecule has 1 aliphatic heterocycles. The van der Waals surface area contributed by atoms with Crippen molar-refractivity contribution in [3.63, 3.8) is 0 Å². The maximum Gasteiger partial charge on any atom is 0.335 e. The highest BCUT2D eigenvalue weighted by molar-refractivity contribution is 6.01. The molecule has 0 unspecified atom stereocenters. The van der Waals surface area contributed by atoms with Crippen LogP contribution in [0.1, 0.15) is 10.4 Å². The molecule has 0 amide bonds. The number of aromatic nitrogens is 1. The van der Waals surface area contributed by atoms with Crippen molar-refractivity contribution in [2.75, 3.05) is 5.32 Å². The molecule has 2 N–H and O–H groups in total. The Morgan fingerprint density at radius 3 is 3.07 bits per heavy atom. The van der Waals surface area contributed by atoms with Crippen LogP contribution in [-0.2, 0) is 0 Å². The van der Waals surface area contributed by atoms with Crippen molar-refractivity contribution < 1.29 is 9.90 Å². The summed E-state index contributed by atoms with van der Waals surface area (Å²) in [5.74, 6) is -0.905. The van der Waals surface area contributed by atoms with Crippen molar-refractivity contribution in [2.24, 2.45) is 0 Å². The summed E-state index contributed by atoms with van der Waals surface area (Å²) in [7, 11) is 0. The summed E-state index contributed by atoms with van der Waals surface area (Å²) in [6.45, 7) is 0. The van der Waals surface area contributed by atoms with E-state index in [1.807, 2.05) is 23.0 Å². The molecule has 0 saturated heterocycles. The SMILES string of the molecule is O=C(O)c1cc2c3c(ccn3C=CN2)c1. The fourth-order valence-corrected chi connectivity index (χ4v) is 1.87. The first-order chi connectivity index (χ1) is 7.25. The molecular weight excluding hydrogens is 192 g/mol. The van der Waals surface area contributed by atoms with Gasteiger partial charge < -0.3 is 15.0 Å². The second kappa shape index (κ2) is 2.63. The second-order valence-electron chi connectivity index (χ2n) is 3.45. The van der Waals surface area contributed by atoms with Gasteiger partial charge in [0.1, 0.15) is 0 Å². The van der Waals surface area contributed by atoms with E-state index in [4.69, 9.17) is 5.11 Å². The molecule has 0 saturated carbocycles. The van der Waals surface area contributed by atoms with Gasteiger partial charge in [0.05, 0.1) is 16.8 Å². The van der Waals surface area contributed by atoms with Crippen molar-refractivity contribution >= 4 is 28.8 Å². The third-order valence-electron chi connectivity index (χ3n) is 2.53. The second-order valence-corrected chi connectivity index (χ2v) is 3.45. The Hall–Kier alpha value is -2.23. The smallest absolute Gasteiger partial charge is 0.335 e. The maximum absolute atomic E-state index is 10.9. The van der Waals surface area contributed by atoms with Crippen LogP contribution in [0.3, 0.4) is 0 Å². The molecule has 4 heteroatoms. The van der Waals surface area contributed by atoms with Gasteiger partial charge in [-0.3, -0.25) is 0 Å². The normalized spacial score (nSPS) is 12.8. The molecule has 0 fully saturated rings. The van der Waals surface area contributed by atoms with Crippen LogP contribution in [-0.4, -0.2) is 15.6 Å². The topological polar surface area (TPSA) is 54.3 Å². The Labute approximate surface area is 85.4 Å². The number of anilines is 1. The summed E-state index contributed by atoms with van der Waals surface area (Å²) < 4.78 is 1.97. The minimum Gasteiger partial charge on any atom is -0.478 e. The Morgan fingerprint density at radius 1 is 1.40 bits per heavy atom. The van der Waals surface area contributed by atoms with E-state index in [0.29, 0.717) is 5.56 Å². The molecule has 15 heavy (non-hydrogen) atoms. The number of carboxylic acid groups (broad SMARTS) is 1. The zero-order valence-electron chi connectivity index (χ0n) is 7.77. The largest absolute Gasteiger partial charge is 0.478 e. The Balaban J connectivity index is 2.39. The third-order valence-corrected chi connectivity index (χ3v) is 2.53. The quantitative estimate of drug-likeness (QED) is 0.741. The number of rotatable bonds is 1. The number of hydrogen-bond acceptors (Lipinski definition) is 2. The van der Waals surface area contributed by atoms with E-state index in [1.54, 1.807) is 18.3 Å². The van der Waals surface area contributed by atoms with Gasteiger partial charge >= 0.3 is 5.97 Å². The lowest BCUT2D eigenvalue weighted by molar-refractivity contribution is 0.0697. The third kappa shape index (κ3) is 1.05. The number of carbonyl (C=O) groups is 1. The minimum absolute atomic E-state index is 0.304. The van der Waals surface area contributed by atoms with Gasteiger partial charge in [-0.1, -0.05) is 0 Å². The molecule has 3 rings (SSSR count).